The summed E-state index contributed by atoms with van der Waals surface area (Å²) in [7, 11) is 0. The molecule has 4 rings (SSSR count). The molecule has 0 spiro atoms. The van der Waals surface area contributed by atoms with Gasteiger partial charge in [-0.15, -0.1) is 0 Å². The maximum atomic E-state index is 14.3. The van der Waals surface area contributed by atoms with Crippen LogP contribution in [0.1, 0.15) is 107 Å². The van der Waals surface area contributed by atoms with Crippen molar-refractivity contribution in [2.75, 3.05) is 0 Å². The molecule has 2 aliphatic rings. The first-order valence-corrected chi connectivity index (χ1v) is 12.8. The second kappa shape index (κ2) is 9.78. The predicted octanol–water partition coefficient (Wildman–Crippen LogP) is 6.53. The summed E-state index contributed by atoms with van der Waals surface area (Å²) >= 11 is 0. The topological polar surface area (TPSA) is 47.2 Å². The van der Waals surface area contributed by atoms with Crippen LogP contribution in [0.3, 0.4) is 0 Å². The Bertz CT molecular complexity index is 1090. The normalized spacial score (nSPS) is 17.6. The number of carbonyl (C=O) groups is 1. The maximum absolute atomic E-state index is 14.3. The number of aryl methyl sites for hydroxylation is 1. The number of unbranched alkanes of at least 4 members (excludes halogenated alkanes) is 2. The first-order chi connectivity index (χ1) is 16.1. The molecule has 8 heteroatoms. The molecular weight excluding hydrogens is 443 g/mol. The van der Waals surface area contributed by atoms with Crippen molar-refractivity contribution < 1.29 is 18.0 Å². The van der Waals surface area contributed by atoms with Crippen molar-refractivity contribution in [1.29, 1.82) is 0 Å². The molecule has 1 amide bonds. The van der Waals surface area contributed by atoms with Crippen molar-refractivity contribution in [3.05, 3.63) is 33.7 Å². The molecule has 0 unspecified atom stereocenters. The van der Waals surface area contributed by atoms with E-state index in [1.165, 1.54) is 10.6 Å². The minimum absolute atomic E-state index is 0.0548. The Morgan fingerprint density at radius 1 is 1.06 bits per heavy atom. The minimum atomic E-state index is -4.69. The molecule has 2 aromatic rings. The first kappa shape index (κ1) is 24.9. The van der Waals surface area contributed by atoms with Crippen molar-refractivity contribution in [2.24, 2.45) is 0 Å². The van der Waals surface area contributed by atoms with Crippen LogP contribution < -0.4 is 5.69 Å². The lowest BCUT2D eigenvalue weighted by Gasteiger charge is -2.38. The SMILES string of the molecule is CCCCCn1c(=O)n(C2CC2)c2cc(C(F)(F)F)c(C(=O)N(C(C)C)C3CCCCC3)cc21. The Balaban J connectivity index is 1.88. The highest BCUT2D eigenvalue weighted by Crippen LogP contribution is 2.40. The third kappa shape index (κ3) is 4.78. The Labute approximate surface area is 198 Å². The highest BCUT2D eigenvalue weighted by Gasteiger charge is 2.40. The molecule has 0 saturated heterocycles. The molecule has 5 nitrogen and oxygen atoms in total. The number of fused-ring (bicyclic) bond motifs is 1. The summed E-state index contributed by atoms with van der Waals surface area (Å²) in [4.78, 5) is 28.6. The molecule has 0 radical (unpaired) electrons. The summed E-state index contributed by atoms with van der Waals surface area (Å²) in [5.74, 6) is -0.581. The van der Waals surface area contributed by atoms with Gasteiger partial charge < -0.3 is 4.90 Å². The van der Waals surface area contributed by atoms with Gasteiger partial charge in [-0.3, -0.25) is 13.9 Å². The zero-order valence-electron chi connectivity index (χ0n) is 20.5. The van der Waals surface area contributed by atoms with Crippen molar-refractivity contribution >= 4 is 16.9 Å². The molecular formula is C26H36F3N3O2. The molecule has 2 aliphatic carbocycles. The zero-order chi connectivity index (χ0) is 24.6. The number of amides is 1. The number of halogens is 3. The molecule has 0 N–H and O–H groups in total. The van der Waals surface area contributed by atoms with Crippen LogP contribution >= 0.6 is 0 Å². The van der Waals surface area contributed by atoms with Crippen molar-refractivity contribution in [3.8, 4) is 0 Å². The zero-order valence-corrected chi connectivity index (χ0v) is 20.5. The number of hydrogen-bond donors (Lipinski definition) is 0. The second-order valence-corrected chi connectivity index (χ2v) is 10.2. The van der Waals surface area contributed by atoms with E-state index in [4.69, 9.17) is 0 Å². The number of carbonyl (C=O) groups excluding carboxylic acids is 1. The maximum Gasteiger partial charge on any atom is 0.417 e. The minimum Gasteiger partial charge on any atom is -0.333 e. The van der Waals surface area contributed by atoms with Gasteiger partial charge in [-0.25, -0.2) is 4.79 Å². The lowest BCUT2D eigenvalue weighted by Crippen LogP contribution is -2.46. The predicted molar refractivity (Wildman–Crippen MR) is 127 cm³/mol. The number of alkyl halides is 3. The van der Waals surface area contributed by atoms with Gasteiger partial charge in [0.1, 0.15) is 0 Å². The molecule has 0 bridgehead atoms. The van der Waals surface area contributed by atoms with Gasteiger partial charge in [0.05, 0.1) is 22.2 Å². The second-order valence-electron chi connectivity index (χ2n) is 10.2. The first-order valence-electron chi connectivity index (χ1n) is 12.8. The van der Waals surface area contributed by atoms with Gasteiger partial charge in [-0.2, -0.15) is 13.2 Å². The number of rotatable bonds is 8. The van der Waals surface area contributed by atoms with Crippen LogP contribution in [0.5, 0.6) is 0 Å². The van der Waals surface area contributed by atoms with E-state index in [1.807, 2.05) is 13.8 Å². The van der Waals surface area contributed by atoms with Crippen molar-refractivity contribution in [3.63, 3.8) is 0 Å². The smallest absolute Gasteiger partial charge is 0.333 e. The Morgan fingerprint density at radius 3 is 2.29 bits per heavy atom. The third-order valence-electron chi connectivity index (χ3n) is 7.29. The number of nitrogens with zero attached hydrogens (tertiary/aromatic N) is 3. The van der Waals surface area contributed by atoms with Crippen LogP contribution in [0.2, 0.25) is 0 Å². The molecule has 0 aliphatic heterocycles. The van der Waals surface area contributed by atoms with Gasteiger partial charge >= 0.3 is 11.9 Å². The van der Waals surface area contributed by atoms with Crippen LogP contribution in [0.15, 0.2) is 16.9 Å². The number of imidazole rings is 1. The number of benzene rings is 1. The van der Waals surface area contributed by atoms with E-state index in [2.05, 4.69) is 6.92 Å². The Kier molecular flexibility index (Phi) is 7.15. The summed E-state index contributed by atoms with van der Waals surface area (Å²) in [6.07, 6.45) is 4.24. The highest BCUT2D eigenvalue weighted by molar-refractivity contribution is 6.00. The van der Waals surface area contributed by atoms with Crippen molar-refractivity contribution in [2.45, 2.75) is 116 Å². The third-order valence-corrected chi connectivity index (χ3v) is 7.29. The molecule has 2 saturated carbocycles. The van der Waals surface area contributed by atoms with Crippen molar-refractivity contribution in [1.82, 2.24) is 14.0 Å². The summed E-state index contributed by atoms with van der Waals surface area (Å²) in [6, 6.07) is 2.08. The Hall–Kier alpha value is -2.25. The van der Waals surface area contributed by atoms with Gasteiger partial charge in [0.15, 0.2) is 0 Å². The van der Waals surface area contributed by atoms with E-state index in [0.29, 0.717) is 17.6 Å². The van der Waals surface area contributed by atoms with Crippen LogP contribution in [0.25, 0.3) is 11.0 Å². The monoisotopic (exact) mass is 479 g/mol. The molecule has 1 aromatic carbocycles. The standard InChI is InChI=1S/C26H36F3N3O2/c1-4-5-9-14-30-22-15-20(24(33)31(17(2)3)18-10-7-6-8-11-18)21(26(27,28)29)16-23(22)32(25(30)34)19-12-13-19/h15-19H,4-14H2,1-3H3. The summed E-state index contributed by atoms with van der Waals surface area (Å²) in [6.45, 7) is 6.23. The summed E-state index contributed by atoms with van der Waals surface area (Å²) in [5.41, 5.74) is -0.805. The average Bonchev–Trinajstić information content (AvgIpc) is 3.58. The van der Waals surface area contributed by atoms with Crippen LogP contribution in [0.4, 0.5) is 13.2 Å². The van der Waals surface area contributed by atoms with Gasteiger partial charge in [0.25, 0.3) is 5.91 Å². The molecule has 188 valence electrons. The number of hydrogen-bond acceptors (Lipinski definition) is 2. The molecule has 0 atom stereocenters. The Morgan fingerprint density at radius 2 is 1.74 bits per heavy atom. The average molecular weight is 480 g/mol. The number of aromatic nitrogens is 2. The van der Waals surface area contributed by atoms with E-state index >= 15 is 0 Å². The van der Waals surface area contributed by atoms with Gasteiger partial charge in [-0.05, 0) is 58.1 Å². The van der Waals surface area contributed by atoms with Crippen LogP contribution in [-0.4, -0.2) is 32.0 Å². The van der Waals surface area contributed by atoms with E-state index < -0.39 is 17.6 Å². The lowest BCUT2D eigenvalue weighted by atomic mass is 9.92. The molecule has 2 fully saturated rings. The van der Waals surface area contributed by atoms with Crippen LogP contribution in [0, 0.1) is 0 Å². The fraction of sp³-hybridized carbons (Fsp3) is 0.692. The molecule has 1 heterocycles. The summed E-state index contributed by atoms with van der Waals surface area (Å²) < 4.78 is 46.0. The van der Waals surface area contributed by atoms with E-state index in [1.54, 1.807) is 9.47 Å². The quantitative estimate of drug-likeness (QED) is 0.404. The fourth-order valence-corrected chi connectivity index (χ4v) is 5.48. The van der Waals surface area contributed by atoms with E-state index in [-0.39, 0.29) is 29.4 Å². The van der Waals surface area contributed by atoms with Gasteiger partial charge in [0, 0.05) is 24.7 Å². The van der Waals surface area contributed by atoms with E-state index in [0.717, 1.165) is 70.3 Å². The molecule has 1 aromatic heterocycles. The highest BCUT2D eigenvalue weighted by atomic mass is 19.4. The van der Waals surface area contributed by atoms with E-state index in [9.17, 15) is 22.8 Å². The fourth-order valence-electron chi connectivity index (χ4n) is 5.48. The molecule has 34 heavy (non-hydrogen) atoms. The lowest BCUT2D eigenvalue weighted by molar-refractivity contribution is -0.138. The van der Waals surface area contributed by atoms with Gasteiger partial charge in [0.2, 0.25) is 0 Å². The van der Waals surface area contributed by atoms with Crippen LogP contribution in [-0.2, 0) is 12.7 Å². The summed E-state index contributed by atoms with van der Waals surface area (Å²) in [5, 5.41) is 0. The van der Waals surface area contributed by atoms with Gasteiger partial charge in [-0.1, -0.05) is 39.0 Å². The largest absolute Gasteiger partial charge is 0.417 e.